The molecular formula is C30H40Cl2N2O3-2. The maximum absolute atomic E-state index is 10.6. The number of para-hydroxylation sites is 2. The highest BCUT2D eigenvalue weighted by molar-refractivity contribution is 5.58. The minimum Gasteiger partial charge on any atom is -1.00 e. The fourth-order valence-corrected chi connectivity index (χ4v) is 7.97. The van der Waals surface area contributed by atoms with Gasteiger partial charge in [0.2, 0.25) is 0 Å². The second kappa shape index (κ2) is 12.0. The monoisotopic (exact) mass is 546 g/mol. The number of benzene rings is 2. The summed E-state index contributed by atoms with van der Waals surface area (Å²) >= 11 is 0. The molecule has 0 radical (unpaired) electrons. The lowest BCUT2D eigenvalue weighted by Crippen LogP contribution is -3.00. The number of ether oxygens (including phenoxy) is 2. The molecule has 1 aliphatic heterocycles. The molecule has 1 unspecified atom stereocenters. The zero-order chi connectivity index (χ0) is 23.8. The third-order valence-corrected chi connectivity index (χ3v) is 9.21. The summed E-state index contributed by atoms with van der Waals surface area (Å²) in [6.07, 6.45) is 8.12. The van der Waals surface area contributed by atoms with Crippen LogP contribution in [0.1, 0.15) is 44.1 Å². The number of β-amino-alcohol motifs (C(OH)–C–C–N with tert-alkyl or cyclic N) is 1. The Bertz CT molecular complexity index is 975. The summed E-state index contributed by atoms with van der Waals surface area (Å²) in [5.41, 5.74) is 3.10. The Balaban J connectivity index is 0.00000160. The van der Waals surface area contributed by atoms with Gasteiger partial charge in [-0.3, -0.25) is 4.90 Å². The summed E-state index contributed by atoms with van der Waals surface area (Å²) < 4.78 is 11.5. The molecule has 1 N–H and O–H groups in total. The first-order chi connectivity index (χ1) is 17.1. The molecule has 1 saturated heterocycles. The lowest BCUT2D eigenvalue weighted by atomic mass is 9.48. The average Bonchev–Trinajstić information content (AvgIpc) is 2.87. The number of halogens is 2. The molecule has 4 aliphatic carbocycles. The number of aliphatic hydroxyl groups excluding tert-OH is 1. The molecule has 0 aromatic heterocycles. The van der Waals surface area contributed by atoms with Gasteiger partial charge in [0.25, 0.3) is 0 Å². The van der Waals surface area contributed by atoms with Crippen LogP contribution in [0.2, 0.25) is 0 Å². The van der Waals surface area contributed by atoms with Crippen LogP contribution in [0.15, 0.2) is 48.5 Å². The molecule has 4 bridgehead atoms. The Kier molecular flexibility index (Phi) is 9.21. The largest absolute Gasteiger partial charge is 1.00 e. The molecule has 5 nitrogen and oxygen atoms in total. The highest BCUT2D eigenvalue weighted by Crippen LogP contribution is 2.60. The second-order valence-corrected chi connectivity index (χ2v) is 11.6. The molecule has 7 rings (SSSR count). The molecular weight excluding hydrogens is 507 g/mol. The fourth-order valence-electron chi connectivity index (χ4n) is 7.97. The number of hydrogen-bond acceptors (Lipinski definition) is 5. The van der Waals surface area contributed by atoms with Crippen LogP contribution >= 0.6 is 0 Å². The van der Waals surface area contributed by atoms with Gasteiger partial charge in [0, 0.05) is 32.7 Å². The van der Waals surface area contributed by atoms with Crippen molar-refractivity contribution < 1.29 is 39.4 Å². The van der Waals surface area contributed by atoms with Crippen molar-refractivity contribution in [2.24, 2.45) is 17.8 Å². The fraction of sp³-hybridized carbons (Fsp3) is 0.600. The quantitative estimate of drug-likeness (QED) is 0.447. The molecule has 5 fully saturated rings. The van der Waals surface area contributed by atoms with Crippen molar-refractivity contribution in [3.05, 3.63) is 54.1 Å². The number of hydrogen-bond donors (Lipinski definition) is 1. The summed E-state index contributed by atoms with van der Waals surface area (Å²) in [4.78, 5) is 4.69. The first-order valence-corrected chi connectivity index (χ1v) is 13.6. The van der Waals surface area contributed by atoms with Gasteiger partial charge in [-0.05, 0) is 91.5 Å². The topological polar surface area (TPSA) is 45.2 Å². The van der Waals surface area contributed by atoms with Crippen LogP contribution in [0.5, 0.6) is 11.5 Å². The van der Waals surface area contributed by atoms with Gasteiger partial charge in [-0.2, -0.15) is 0 Å². The van der Waals surface area contributed by atoms with Crippen molar-refractivity contribution in [2.75, 3.05) is 51.3 Å². The van der Waals surface area contributed by atoms with Crippen LogP contribution in [-0.4, -0.2) is 62.6 Å². The van der Waals surface area contributed by atoms with E-state index in [2.05, 4.69) is 46.2 Å². The van der Waals surface area contributed by atoms with Gasteiger partial charge in [-0.15, -0.1) is 0 Å². The number of nitrogens with zero attached hydrogens (tertiary/aromatic N) is 2. The summed E-state index contributed by atoms with van der Waals surface area (Å²) in [7, 11) is 1.72. The van der Waals surface area contributed by atoms with Crippen LogP contribution < -0.4 is 39.2 Å². The number of piperazine rings is 1. The zero-order valence-corrected chi connectivity index (χ0v) is 23.3. The third-order valence-electron chi connectivity index (χ3n) is 9.21. The lowest BCUT2D eigenvalue weighted by molar-refractivity contribution is -0.00526. The molecule has 204 valence electrons. The molecule has 2 aromatic carbocycles. The smallest absolute Gasteiger partial charge is 0.142 e. The van der Waals surface area contributed by atoms with Gasteiger partial charge in [0.1, 0.15) is 24.2 Å². The van der Waals surface area contributed by atoms with E-state index in [1.54, 1.807) is 7.11 Å². The van der Waals surface area contributed by atoms with Gasteiger partial charge in [-0.25, -0.2) is 0 Å². The molecule has 4 saturated carbocycles. The van der Waals surface area contributed by atoms with Gasteiger partial charge in [-0.1, -0.05) is 24.3 Å². The van der Waals surface area contributed by atoms with E-state index in [1.165, 1.54) is 44.1 Å². The molecule has 2 aromatic rings. The van der Waals surface area contributed by atoms with Crippen molar-refractivity contribution in [2.45, 2.75) is 50.0 Å². The van der Waals surface area contributed by atoms with E-state index in [-0.39, 0.29) is 24.8 Å². The summed E-state index contributed by atoms with van der Waals surface area (Å²) in [6, 6.07) is 17.1. The van der Waals surface area contributed by atoms with E-state index >= 15 is 0 Å². The van der Waals surface area contributed by atoms with Gasteiger partial charge in [0.15, 0.2) is 0 Å². The van der Waals surface area contributed by atoms with Crippen molar-refractivity contribution in [1.29, 1.82) is 0 Å². The Labute approximate surface area is 234 Å². The predicted octanol–water partition coefficient (Wildman–Crippen LogP) is -1.27. The zero-order valence-electron chi connectivity index (χ0n) is 21.8. The molecule has 5 aliphatic rings. The van der Waals surface area contributed by atoms with E-state index in [0.717, 1.165) is 61.1 Å². The van der Waals surface area contributed by atoms with Crippen molar-refractivity contribution >= 4 is 5.69 Å². The number of aliphatic hydroxyl groups is 1. The predicted molar refractivity (Wildman–Crippen MR) is 139 cm³/mol. The SMILES string of the molecule is COc1ccccc1N1CCN(CC(O)COc2ccc(C34CC5CC(CC(C5)C3)C4)cc2)CC1.[Cl-].[Cl-]. The van der Waals surface area contributed by atoms with E-state index in [1.807, 2.05) is 12.1 Å². The van der Waals surface area contributed by atoms with Crippen LogP contribution in [0.4, 0.5) is 5.69 Å². The first-order valence-electron chi connectivity index (χ1n) is 13.6. The van der Waals surface area contributed by atoms with Gasteiger partial charge < -0.3 is 44.3 Å². The van der Waals surface area contributed by atoms with Crippen molar-refractivity contribution in [1.82, 2.24) is 4.90 Å². The molecule has 7 heteroatoms. The minimum atomic E-state index is -0.490. The maximum Gasteiger partial charge on any atom is 0.142 e. The van der Waals surface area contributed by atoms with E-state index in [9.17, 15) is 5.11 Å². The normalized spacial score (nSPS) is 29.2. The standard InChI is InChI=1S/C30H40N2O3.2ClH/c1-34-29-5-3-2-4-28(29)32-12-10-31(11-13-32)20-26(33)21-35-27-8-6-25(7-9-27)30-17-22-14-23(18-30)16-24(15-22)19-30;;/h2-9,22-24,26,33H,10-21H2,1H3;2*1H/p-2. The highest BCUT2D eigenvalue weighted by atomic mass is 35.5. The molecule has 0 spiro atoms. The molecule has 1 atom stereocenters. The average molecular weight is 548 g/mol. The lowest BCUT2D eigenvalue weighted by Gasteiger charge is -2.57. The summed E-state index contributed by atoms with van der Waals surface area (Å²) in [5.74, 6) is 4.68. The van der Waals surface area contributed by atoms with Crippen LogP contribution in [0, 0.1) is 17.8 Å². The molecule has 0 amide bonds. The summed E-state index contributed by atoms with van der Waals surface area (Å²) in [5, 5.41) is 10.6. The number of rotatable bonds is 8. The van der Waals surface area contributed by atoms with Gasteiger partial charge >= 0.3 is 0 Å². The van der Waals surface area contributed by atoms with E-state index in [4.69, 9.17) is 9.47 Å². The van der Waals surface area contributed by atoms with Crippen molar-refractivity contribution in [3.63, 3.8) is 0 Å². The Morgan fingerprint density at radius 2 is 1.46 bits per heavy atom. The van der Waals surface area contributed by atoms with E-state index < -0.39 is 6.10 Å². The number of methoxy groups -OCH3 is 1. The minimum absolute atomic E-state index is 0. The third kappa shape index (κ3) is 6.00. The maximum atomic E-state index is 10.6. The highest BCUT2D eigenvalue weighted by Gasteiger charge is 2.51. The Morgan fingerprint density at radius 3 is 2.05 bits per heavy atom. The van der Waals surface area contributed by atoms with Crippen LogP contribution in [0.3, 0.4) is 0 Å². The second-order valence-electron chi connectivity index (χ2n) is 11.6. The Morgan fingerprint density at radius 1 is 0.865 bits per heavy atom. The molecule has 1 heterocycles. The Hall–Kier alpha value is -1.66. The van der Waals surface area contributed by atoms with E-state index in [0.29, 0.717) is 18.6 Å². The molecule has 37 heavy (non-hydrogen) atoms. The van der Waals surface area contributed by atoms with Gasteiger partial charge in [0.05, 0.1) is 12.8 Å². The van der Waals surface area contributed by atoms with Crippen LogP contribution in [0.25, 0.3) is 0 Å². The summed E-state index contributed by atoms with van der Waals surface area (Å²) in [6.45, 7) is 4.69. The number of anilines is 1. The first kappa shape index (κ1) is 28.4. The van der Waals surface area contributed by atoms with Crippen LogP contribution in [-0.2, 0) is 5.41 Å². The van der Waals surface area contributed by atoms with Crippen molar-refractivity contribution in [3.8, 4) is 11.5 Å².